The molecule has 4 fully saturated rings. The largest absolute Gasteiger partial charge is 0.0993 e. The van der Waals surface area contributed by atoms with Crippen LogP contribution >= 0.6 is 0 Å². The Balaban J connectivity index is 1.70. The molecule has 0 N–H and O–H groups in total. The van der Waals surface area contributed by atoms with E-state index in [9.17, 15) is 0 Å². The van der Waals surface area contributed by atoms with E-state index in [1.54, 1.807) is 5.57 Å². The van der Waals surface area contributed by atoms with Crippen molar-refractivity contribution in [3.63, 3.8) is 0 Å². The zero-order valence-corrected chi connectivity index (χ0v) is 15.2. The van der Waals surface area contributed by atoms with Crippen LogP contribution in [0.15, 0.2) is 12.2 Å². The summed E-state index contributed by atoms with van der Waals surface area (Å²) in [5.41, 5.74) is 3.34. The first-order valence-corrected chi connectivity index (χ1v) is 10.1. The quantitative estimate of drug-likeness (QED) is 0.434. The third kappa shape index (κ3) is 1.82. The van der Waals surface area contributed by atoms with Crippen molar-refractivity contribution in [3.8, 4) is 0 Å². The van der Waals surface area contributed by atoms with Crippen LogP contribution in [-0.2, 0) is 0 Å². The molecule has 0 nitrogen and oxygen atoms in total. The molecule has 0 spiro atoms. The van der Waals surface area contributed by atoms with Crippen molar-refractivity contribution in [3.05, 3.63) is 12.2 Å². The molecule has 6 atom stereocenters. The molecule has 0 aromatic rings. The van der Waals surface area contributed by atoms with E-state index in [4.69, 9.17) is 0 Å². The second kappa shape index (κ2) is 4.87. The summed E-state index contributed by atoms with van der Waals surface area (Å²) < 4.78 is 0. The highest BCUT2D eigenvalue weighted by molar-refractivity contribution is 5.21. The van der Waals surface area contributed by atoms with Crippen LogP contribution in [-0.4, -0.2) is 0 Å². The first-order valence-electron chi connectivity index (χ1n) is 10.1. The molecule has 0 saturated heterocycles. The van der Waals surface area contributed by atoms with E-state index >= 15 is 0 Å². The van der Waals surface area contributed by atoms with Gasteiger partial charge in [0.1, 0.15) is 0 Å². The van der Waals surface area contributed by atoms with Crippen LogP contribution in [0.1, 0.15) is 91.4 Å². The fourth-order valence-corrected chi connectivity index (χ4v) is 7.69. The minimum Gasteiger partial charge on any atom is -0.0993 e. The van der Waals surface area contributed by atoms with Crippen molar-refractivity contribution in [2.45, 2.75) is 91.4 Å². The maximum atomic E-state index is 4.48. The second-order valence-electron chi connectivity index (χ2n) is 10.1. The van der Waals surface area contributed by atoms with Crippen molar-refractivity contribution in [1.29, 1.82) is 0 Å². The Morgan fingerprint density at radius 2 is 1.59 bits per heavy atom. The van der Waals surface area contributed by atoms with E-state index in [0.717, 1.165) is 17.8 Å². The maximum absolute atomic E-state index is 4.48. The van der Waals surface area contributed by atoms with E-state index in [1.807, 2.05) is 0 Å². The Kier molecular flexibility index (Phi) is 3.38. The fraction of sp³-hybridized carbons (Fsp3) is 0.909. The second-order valence-corrected chi connectivity index (χ2v) is 10.1. The number of fused-ring (bicyclic) bond motifs is 5. The maximum Gasteiger partial charge on any atom is -0.00879 e. The average molecular weight is 301 g/mol. The van der Waals surface area contributed by atoms with Crippen molar-refractivity contribution in [2.24, 2.45) is 34.0 Å². The normalized spacial score (nSPS) is 55.0. The Bertz CT molecular complexity index is 476. The zero-order chi connectivity index (χ0) is 15.6. The predicted octanol–water partition coefficient (Wildman–Crippen LogP) is 6.76. The van der Waals surface area contributed by atoms with Crippen LogP contribution in [0.3, 0.4) is 0 Å². The lowest BCUT2D eigenvalue weighted by Crippen LogP contribution is -2.54. The molecule has 0 aliphatic heterocycles. The summed E-state index contributed by atoms with van der Waals surface area (Å²) in [5, 5.41) is 0. The number of rotatable bonds is 0. The lowest BCUT2D eigenvalue weighted by Gasteiger charge is -2.62. The number of hydrogen-bond acceptors (Lipinski definition) is 0. The van der Waals surface area contributed by atoms with Gasteiger partial charge in [0, 0.05) is 0 Å². The van der Waals surface area contributed by atoms with Crippen LogP contribution < -0.4 is 0 Å². The van der Waals surface area contributed by atoms with Gasteiger partial charge < -0.3 is 0 Å². The summed E-state index contributed by atoms with van der Waals surface area (Å²) in [6.07, 6.45) is 16.2. The van der Waals surface area contributed by atoms with Gasteiger partial charge in [-0.05, 0) is 85.4 Å². The smallest absolute Gasteiger partial charge is 0.00879 e. The van der Waals surface area contributed by atoms with Crippen molar-refractivity contribution in [2.75, 3.05) is 0 Å². The Labute approximate surface area is 138 Å². The molecule has 0 heteroatoms. The van der Waals surface area contributed by atoms with Crippen molar-refractivity contribution in [1.82, 2.24) is 0 Å². The molecule has 0 heterocycles. The molecule has 0 bridgehead atoms. The summed E-state index contributed by atoms with van der Waals surface area (Å²) in [6, 6.07) is 0. The van der Waals surface area contributed by atoms with Gasteiger partial charge in [0.25, 0.3) is 0 Å². The van der Waals surface area contributed by atoms with E-state index in [2.05, 4.69) is 27.4 Å². The van der Waals surface area contributed by atoms with Crippen molar-refractivity contribution >= 4 is 0 Å². The van der Waals surface area contributed by atoms with Gasteiger partial charge in [-0.3, -0.25) is 0 Å². The number of hydrogen-bond donors (Lipinski definition) is 0. The molecule has 6 unspecified atom stereocenters. The highest BCUT2D eigenvalue weighted by Gasteiger charge is 2.60. The first kappa shape index (κ1) is 15.3. The molecular weight excluding hydrogens is 264 g/mol. The molecule has 124 valence electrons. The van der Waals surface area contributed by atoms with Gasteiger partial charge in [0.15, 0.2) is 0 Å². The van der Waals surface area contributed by atoms with Gasteiger partial charge in [-0.15, -0.1) is 0 Å². The third-order valence-electron chi connectivity index (χ3n) is 9.54. The van der Waals surface area contributed by atoms with E-state index in [-0.39, 0.29) is 0 Å². The minimum atomic E-state index is 0.496. The lowest BCUT2D eigenvalue weighted by atomic mass is 9.42. The predicted molar refractivity (Wildman–Crippen MR) is 94.7 cm³/mol. The van der Waals surface area contributed by atoms with Gasteiger partial charge in [-0.25, -0.2) is 0 Å². The molecule has 0 aromatic heterocycles. The molecule has 4 aliphatic carbocycles. The van der Waals surface area contributed by atoms with Gasteiger partial charge in [0.2, 0.25) is 0 Å². The standard InChI is InChI=1S/C22H36/c1-16-8-9-18-17-10-14-20(2)12-6-5-7-13-22(20,4)19(17)11-15-21(16,18)3/h17-19H,1,5-15H2,2-4H3. The SMILES string of the molecule is C=C1CCC2C3CCC4(C)CCCCCC4(C)C3CCC12C. The topological polar surface area (TPSA) is 0 Å². The fourth-order valence-electron chi connectivity index (χ4n) is 7.69. The highest BCUT2D eigenvalue weighted by atomic mass is 14.6. The lowest BCUT2D eigenvalue weighted by molar-refractivity contribution is -0.127. The van der Waals surface area contributed by atoms with Crippen LogP contribution in [0.25, 0.3) is 0 Å². The zero-order valence-electron chi connectivity index (χ0n) is 15.2. The van der Waals surface area contributed by atoms with Crippen LogP contribution in [0, 0.1) is 34.0 Å². The molecule has 4 aliphatic rings. The van der Waals surface area contributed by atoms with Gasteiger partial charge >= 0.3 is 0 Å². The average Bonchev–Trinajstić information content (AvgIpc) is 2.69. The van der Waals surface area contributed by atoms with Crippen molar-refractivity contribution < 1.29 is 0 Å². The summed E-state index contributed by atoms with van der Waals surface area (Å²) >= 11 is 0. The summed E-state index contributed by atoms with van der Waals surface area (Å²) in [7, 11) is 0. The molecular formula is C22H36. The van der Waals surface area contributed by atoms with E-state index in [1.165, 1.54) is 70.6 Å². The summed E-state index contributed by atoms with van der Waals surface area (Å²) in [5.74, 6) is 2.98. The summed E-state index contributed by atoms with van der Waals surface area (Å²) in [6.45, 7) is 12.4. The molecule has 0 radical (unpaired) electrons. The highest BCUT2D eigenvalue weighted by Crippen LogP contribution is 2.69. The third-order valence-corrected chi connectivity index (χ3v) is 9.54. The van der Waals surface area contributed by atoms with E-state index in [0.29, 0.717) is 16.2 Å². The molecule has 4 rings (SSSR count). The van der Waals surface area contributed by atoms with Gasteiger partial charge in [0.05, 0.1) is 0 Å². The Hall–Kier alpha value is -0.260. The van der Waals surface area contributed by atoms with Crippen LogP contribution in [0.5, 0.6) is 0 Å². The van der Waals surface area contributed by atoms with Gasteiger partial charge in [-0.1, -0.05) is 52.2 Å². The summed E-state index contributed by atoms with van der Waals surface area (Å²) in [4.78, 5) is 0. The molecule has 0 aromatic carbocycles. The Morgan fingerprint density at radius 3 is 2.41 bits per heavy atom. The molecule has 4 saturated carbocycles. The number of allylic oxidation sites excluding steroid dienone is 1. The molecule has 22 heavy (non-hydrogen) atoms. The molecule has 0 amide bonds. The van der Waals surface area contributed by atoms with Crippen LogP contribution in [0.2, 0.25) is 0 Å². The monoisotopic (exact) mass is 300 g/mol. The van der Waals surface area contributed by atoms with Gasteiger partial charge in [-0.2, -0.15) is 0 Å². The first-order chi connectivity index (χ1) is 10.4. The van der Waals surface area contributed by atoms with E-state index < -0.39 is 0 Å². The van der Waals surface area contributed by atoms with Crippen LogP contribution in [0.4, 0.5) is 0 Å². The Morgan fingerprint density at radius 1 is 0.818 bits per heavy atom. The minimum absolute atomic E-state index is 0.496.